The van der Waals surface area contributed by atoms with Gasteiger partial charge in [0.25, 0.3) is 11.8 Å². The fraction of sp³-hybridized carbons (Fsp3) is 0.519. The van der Waals surface area contributed by atoms with E-state index in [0.29, 0.717) is 30.8 Å². The van der Waals surface area contributed by atoms with Crippen molar-refractivity contribution >= 4 is 62.2 Å². The van der Waals surface area contributed by atoms with Crippen molar-refractivity contribution in [1.29, 1.82) is 0 Å². The fourth-order valence-corrected chi connectivity index (χ4v) is 9.16. The number of carbonyl (C=O) groups excluding carboxylic acids is 6. The Morgan fingerprint density at radius 3 is 2.07 bits per heavy atom. The predicted molar refractivity (Wildman–Crippen MR) is 281 cm³/mol. The first-order valence-corrected chi connectivity index (χ1v) is 29.2. The molecule has 0 aliphatic carbocycles. The Morgan fingerprint density at radius 2 is 1.44 bits per heavy atom. The molecule has 0 radical (unpaired) electrons. The molecular formula is C52H72F2N6O13SSi. The molecule has 4 rings (SSSR count). The van der Waals surface area contributed by atoms with E-state index in [0.717, 1.165) is 58.6 Å². The number of hydrogen-bond donors (Lipinski definition) is 4. The number of benzene rings is 2. The van der Waals surface area contributed by atoms with Crippen LogP contribution in [-0.2, 0) is 59.0 Å². The summed E-state index contributed by atoms with van der Waals surface area (Å²) in [6, 6.07) is 13.5. The minimum atomic E-state index is -1.32. The number of nitrogens with zero attached hydrogens (tertiary/aromatic N) is 3. The number of hydrogen-bond acceptors (Lipinski definition) is 13. The molecule has 23 heteroatoms. The number of imide groups is 1. The van der Waals surface area contributed by atoms with Crippen molar-refractivity contribution in [1.82, 2.24) is 30.3 Å². The minimum absolute atomic E-state index is 0.00194. The van der Waals surface area contributed by atoms with Gasteiger partial charge in [-0.1, -0.05) is 64.2 Å². The van der Waals surface area contributed by atoms with E-state index in [4.69, 9.17) is 23.7 Å². The lowest BCUT2D eigenvalue weighted by atomic mass is 9.83. The number of ether oxygens (including phenoxy) is 5. The van der Waals surface area contributed by atoms with Gasteiger partial charge in [-0.3, -0.25) is 28.9 Å². The van der Waals surface area contributed by atoms with Crippen molar-refractivity contribution in [2.45, 2.75) is 71.4 Å². The van der Waals surface area contributed by atoms with Gasteiger partial charge < -0.3 is 54.2 Å². The quantitative estimate of drug-likeness (QED) is 0.0352. The Morgan fingerprint density at radius 1 is 0.800 bits per heavy atom. The number of alkyl carbamates (subject to hydrolysis) is 1. The van der Waals surface area contributed by atoms with Gasteiger partial charge in [-0.05, 0) is 47.7 Å². The second kappa shape index (κ2) is 32.5. The summed E-state index contributed by atoms with van der Waals surface area (Å²) >= 11 is 1.04. The highest BCUT2D eigenvalue weighted by molar-refractivity contribution is 8.00. The van der Waals surface area contributed by atoms with Gasteiger partial charge in [0.05, 0.1) is 71.3 Å². The smallest absolute Gasteiger partial charge is 0.407 e. The van der Waals surface area contributed by atoms with E-state index in [1.54, 1.807) is 17.2 Å². The third kappa shape index (κ3) is 22.4. The summed E-state index contributed by atoms with van der Waals surface area (Å²) in [7, 11) is -0.923. The number of carboxylic acid groups (broad SMARTS) is 1. The Labute approximate surface area is 443 Å². The van der Waals surface area contributed by atoms with E-state index in [1.165, 1.54) is 0 Å². The number of rotatable bonds is 35. The van der Waals surface area contributed by atoms with E-state index in [1.807, 2.05) is 55.7 Å². The molecule has 2 atom stereocenters. The van der Waals surface area contributed by atoms with Crippen LogP contribution < -0.4 is 16.0 Å². The summed E-state index contributed by atoms with van der Waals surface area (Å²) in [6.07, 6.45) is 3.61. The molecule has 1 aliphatic heterocycles. The zero-order valence-electron chi connectivity index (χ0n) is 43.4. The van der Waals surface area contributed by atoms with Crippen LogP contribution in [0.5, 0.6) is 0 Å². The van der Waals surface area contributed by atoms with Crippen LogP contribution in [0.25, 0.3) is 11.1 Å². The Bertz CT molecular complexity index is 2350. The number of carboxylic acids is 1. The fourth-order valence-electron chi connectivity index (χ4n) is 7.65. The number of amides is 6. The molecule has 0 fully saturated rings. The largest absolute Gasteiger partial charge is 0.480 e. The molecule has 1 aromatic heterocycles. The molecule has 19 nitrogen and oxygen atoms in total. The molecule has 6 amide bonds. The van der Waals surface area contributed by atoms with Gasteiger partial charge in [-0.25, -0.2) is 18.4 Å². The molecule has 0 spiro atoms. The van der Waals surface area contributed by atoms with Crippen LogP contribution in [0, 0.1) is 17.0 Å². The number of thioether (sulfide) groups is 1. The standard InChI is InChI=1S/C52H72F2N6O13SSi/c1-52(2,3)49(43-30-38(40-31-39(53)12-13-41(40)54)33-58(43)32-37-10-7-6-8-11-37)59(19-9-17-56-51(68)73-28-29-75(4)5)48(65)36-74-35-42(50(66)67)57-44(61)16-20-69-22-24-71-26-27-72-25-23-70-21-18-55-45(62)34-60-46(63)14-15-47(60)64/h6-8,10-15,30-31,33,42,49,75H,9,16-29,32,34-36H2,1-5H3,(H,55,62)(H,56,68)(H,57,61)(H,66,67)/t42-,49-/m0/s1. The zero-order chi connectivity index (χ0) is 54.8. The number of halogens is 2. The Balaban J connectivity index is 1.26. The summed E-state index contributed by atoms with van der Waals surface area (Å²) in [4.78, 5) is 89.7. The van der Waals surface area contributed by atoms with Crippen LogP contribution in [0.3, 0.4) is 0 Å². The van der Waals surface area contributed by atoms with Crippen LogP contribution in [-0.4, -0.2) is 173 Å². The van der Waals surface area contributed by atoms with Crippen molar-refractivity contribution in [3.05, 3.63) is 95.8 Å². The first-order valence-electron chi connectivity index (χ1n) is 24.9. The molecular weight excluding hydrogens is 1010 g/mol. The second-order valence-corrected chi connectivity index (χ2v) is 23.4. The lowest BCUT2D eigenvalue weighted by molar-refractivity contribution is -0.141. The third-order valence-corrected chi connectivity index (χ3v) is 13.8. The third-order valence-electron chi connectivity index (χ3n) is 11.4. The molecule has 412 valence electrons. The molecule has 4 N–H and O–H groups in total. The van der Waals surface area contributed by atoms with E-state index in [2.05, 4.69) is 29.0 Å². The van der Waals surface area contributed by atoms with Gasteiger partial charge in [-0.2, -0.15) is 0 Å². The molecule has 0 unspecified atom stereocenters. The lowest BCUT2D eigenvalue weighted by Crippen LogP contribution is -2.45. The molecule has 1 aliphatic rings. The van der Waals surface area contributed by atoms with Crippen molar-refractivity contribution in [3.63, 3.8) is 0 Å². The maximum absolute atomic E-state index is 15.3. The van der Waals surface area contributed by atoms with E-state index < -0.39 is 73.6 Å². The summed E-state index contributed by atoms with van der Waals surface area (Å²) < 4.78 is 59.0. The highest BCUT2D eigenvalue weighted by Crippen LogP contribution is 2.41. The lowest BCUT2D eigenvalue weighted by Gasteiger charge is -2.41. The normalized spacial score (nSPS) is 13.3. The second-order valence-electron chi connectivity index (χ2n) is 19.0. The number of aromatic nitrogens is 1. The van der Waals surface area contributed by atoms with Crippen LogP contribution in [0.15, 0.2) is 72.9 Å². The van der Waals surface area contributed by atoms with Gasteiger partial charge in [-0.15, -0.1) is 11.8 Å². The van der Waals surface area contributed by atoms with Crippen molar-refractivity contribution in [3.8, 4) is 11.1 Å². The summed E-state index contributed by atoms with van der Waals surface area (Å²) in [5, 5.41) is 17.9. The average molecular weight is 1090 g/mol. The van der Waals surface area contributed by atoms with Crippen LogP contribution in [0.4, 0.5) is 13.6 Å². The molecule has 75 heavy (non-hydrogen) atoms. The number of aliphatic carboxylic acids is 1. The predicted octanol–water partition coefficient (Wildman–Crippen LogP) is 4.80. The molecule has 0 saturated carbocycles. The highest BCUT2D eigenvalue weighted by Gasteiger charge is 2.37. The van der Waals surface area contributed by atoms with Crippen LogP contribution >= 0.6 is 11.8 Å². The molecule has 3 aromatic rings. The van der Waals surface area contributed by atoms with Gasteiger partial charge in [0.15, 0.2) is 0 Å². The van der Waals surface area contributed by atoms with E-state index in [9.17, 15) is 43.1 Å². The van der Waals surface area contributed by atoms with Crippen LogP contribution in [0.1, 0.15) is 50.9 Å². The topological polar surface area (TPSA) is 233 Å². The maximum Gasteiger partial charge on any atom is 0.407 e. The Hall–Kier alpha value is -5.98. The Kier molecular flexibility index (Phi) is 26.6. The van der Waals surface area contributed by atoms with Crippen LogP contribution in [0.2, 0.25) is 19.1 Å². The van der Waals surface area contributed by atoms with E-state index in [-0.39, 0.29) is 108 Å². The number of carbonyl (C=O) groups is 7. The van der Waals surface area contributed by atoms with Crippen molar-refractivity contribution in [2.24, 2.45) is 5.41 Å². The summed E-state index contributed by atoms with van der Waals surface area (Å²) in [6.45, 7) is 12.8. The zero-order valence-corrected chi connectivity index (χ0v) is 45.4. The van der Waals surface area contributed by atoms with Crippen molar-refractivity contribution < 1.29 is 71.1 Å². The van der Waals surface area contributed by atoms with Gasteiger partial charge in [0, 0.05) is 82.3 Å². The molecule has 2 heterocycles. The summed E-state index contributed by atoms with van der Waals surface area (Å²) in [5.74, 6) is -5.25. The highest BCUT2D eigenvalue weighted by atomic mass is 32.2. The summed E-state index contributed by atoms with van der Waals surface area (Å²) in [5.41, 5.74) is 1.40. The first kappa shape index (κ1) is 61.6. The van der Waals surface area contributed by atoms with Gasteiger partial charge in [0.2, 0.25) is 17.7 Å². The molecule has 0 saturated heterocycles. The van der Waals surface area contributed by atoms with Crippen molar-refractivity contribution in [2.75, 3.05) is 97.1 Å². The van der Waals surface area contributed by atoms with Gasteiger partial charge in [0.1, 0.15) is 24.2 Å². The van der Waals surface area contributed by atoms with Gasteiger partial charge >= 0.3 is 12.1 Å². The maximum atomic E-state index is 15.3. The van der Waals surface area contributed by atoms with E-state index >= 15 is 4.39 Å². The molecule has 0 bridgehead atoms. The monoisotopic (exact) mass is 1090 g/mol. The minimum Gasteiger partial charge on any atom is -0.480 e. The average Bonchev–Trinajstić information content (AvgIpc) is 3.90. The first-order chi connectivity index (χ1) is 35.8. The SMILES string of the molecule is C[SiH](C)CCOC(=O)NCCCN(C(=O)CSC[C@H](NC(=O)CCOCCOCCOCCOCCNC(=O)CN1C(=O)C=CC1=O)C(=O)O)[C@@H](c1cc(-c2cc(F)ccc2F)cn1Cc1ccccc1)C(C)(C)C. The number of nitrogens with one attached hydrogen (secondary N) is 3. The molecule has 2 aromatic carbocycles.